The van der Waals surface area contributed by atoms with E-state index in [4.69, 9.17) is 4.42 Å². The minimum absolute atomic E-state index is 0.546. The predicted octanol–water partition coefficient (Wildman–Crippen LogP) is 9.71. The van der Waals surface area contributed by atoms with Crippen molar-refractivity contribution in [1.29, 1.82) is 0 Å². The second-order valence-corrected chi connectivity index (χ2v) is 9.22. The van der Waals surface area contributed by atoms with Gasteiger partial charge in [0.05, 0.1) is 0 Å². The molecule has 0 spiro atoms. The standard InChI is InChI=1S/C33H26O/c1-22(2)23-13-15-24(16-14-23)27-7-5-8-28(21-27)25-17-19-26(20-18-25)29-10-6-11-31-30-9-3-4-12-32(30)34-33(29)31/h3-22H,1-2H3. The lowest BCUT2D eigenvalue weighted by molar-refractivity contribution is 0.670. The molecule has 0 unspecified atom stereocenters. The quantitative estimate of drug-likeness (QED) is 0.267. The summed E-state index contributed by atoms with van der Waals surface area (Å²) in [4.78, 5) is 0. The van der Waals surface area contributed by atoms with Crippen molar-refractivity contribution < 1.29 is 4.42 Å². The predicted molar refractivity (Wildman–Crippen MR) is 144 cm³/mol. The lowest BCUT2D eigenvalue weighted by atomic mass is 9.95. The largest absolute Gasteiger partial charge is 0.455 e. The van der Waals surface area contributed by atoms with Gasteiger partial charge in [-0.3, -0.25) is 0 Å². The van der Waals surface area contributed by atoms with Crippen LogP contribution in [-0.4, -0.2) is 0 Å². The van der Waals surface area contributed by atoms with Gasteiger partial charge in [-0.25, -0.2) is 0 Å². The van der Waals surface area contributed by atoms with Gasteiger partial charge in [-0.2, -0.15) is 0 Å². The van der Waals surface area contributed by atoms with Gasteiger partial charge in [0.25, 0.3) is 0 Å². The molecule has 0 fully saturated rings. The first-order chi connectivity index (χ1) is 16.7. The van der Waals surface area contributed by atoms with Crippen molar-refractivity contribution in [3.8, 4) is 33.4 Å². The van der Waals surface area contributed by atoms with Crippen LogP contribution in [-0.2, 0) is 0 Å². The maximum absolute atomic E-state index is 6.24. The van der Waals surface area contributed by atoms with Crippen LogP contribution in [0.25, 0.3) is 55.3 Å². The highest BCUT2D eigenvalue weighted by Crippen LogP contribution is 2.36. The summed E-state index contributed by atoms with van der Waals surface area (Å²) >= 11 is 0. The number of benzene rings is 5. The van der Waals surface area contributed by atoms with Gasteiger partial charge in [-0.05, 0) is 51.4 Å². The maximum atomic E-state index is 6.24. The van der Waals surface area contributed by atoms with E-state index in [9.17, 15) is 0 Å². The van der Waals surface area contributed by atoms with Crippen LogP contribution in [0.15, 0.2) is 120 Å². The Morgan fingerprint density at radius 3 is 1.79 bits per heavy atom. The van der Waals surface area contributed by atoms with Gasteiger partial charge < -0.3 is 4.42 Å². The molecule has 0 aliphatic carbocycles. The molecule has 0 bridgehead atoms. The third kappa shape index (κ3) is 3.60. The Kier molecular flexibility index (Phi) is 5.04. The fourth-order valence-electron chi connectivity index (χ4n) is 4.76. The molecule has 0 radical (unpaired) electrons. The second-order valence-electron chi connectivity index (χ2n) is 9.22. The first-order valence-electron chi connectivity index (χ1n) is 11.9. The smallest absolute Gasteiger partial charge is 0.143 e. The van der Waals surface area contributed by atoms with Crippen molar-refractivity contribution in [2.75, 3.05) is 0 Å². The number of furan rings is 1. The lowest BCUT2D eigenvalue weighted by Crippen LogP contribution is -1.87. The van der Waals surface area contributed by atoms with E-state index in [0.717, 1.165) is 33.1 Å². The normalized spacial score (nSPS) is 11.5. The average molecular weight is 439 g/mol. The lowest BCUT2D eigenvalue weighted by Gasteiger charge is -2.10. The summed E-state index contributed by atoms with van der Waals surface area (Å²) in [5.41, 5.74) is 10.5. The van der Waals surface area contributed by atoms with Gasteiger partial charge in [0.15, 0.2) is 0 Å². The van der Waals surface area contributed by atoms with E-state index < -0.39 is 0 Å². The number of para-hydroxylation sites is 2. The molecule has 0 aliphatic rings. The van der Waals surface area contributed by atoms with E-state index in [0.29, 0.717) is 5.92 Å². The molecule has 1 heteroatoms. The molecule has 0 saturated carbocycles. The number of hydrogen-bond donors (Lipinski definition) is 0. The molecule has 0 N–H and O–H groups in total. The van der Waals surface area contributed by atoms with Crippen LogP contribution in [0.4, 0.5) is 0 Å². The molecule has 164 valence electrons. The Morgan fingerprint density at radius 2 is 1.09 bits per heavy atom. The molecule has 1 nitrogen and oxygen atoms in total. The molecule has 6 aromatic rings. The SMILES string of the molecule is CC(C)c1ccc(-c2cccc(-c3ccc(-c4cccc5c4oc4ccccc45)cc3)c2)cc1. The zero-order valence-electron chi connectivity index (χ0n) is 19.5. The van der Waals surface area contributed by atoms with Crippen LogP contribution in [0.2, 0.25) is 0 Å². The van der Waals surface area contributed by atoms with Crippen molar-refractivity contribution in [3.63, 3.8) is 0 Å². The fourth-order valence-corrected chi connectivity index (χ4v) is 4.76. The van der Waals surface area contributed by atoms with Crippen LogP contribution in [0, 0.1) is 0 Å². The Balaban J connectivity index is 1.35. The van der Waals surface area contributed by atoms with E-state index >= 15 is 0 Å². The molecule has 0 aliphatic heterocycles. The van der Waals surface area contributed by atoms with Gasteiger partial charge in [0.2, 0.25) is 0 Å². The van der Waals surface area contributed by atoms with Crippen molar-refractivity contribution in [2.45, 2.75) is 19.8 Å². The molecule has 6 rings (SSSR count). The van der Waals surface area contributed by atoms with Crippen LogP contribution in [0.1, 0.15) is 25.3 Å². The van der Waals surface area contributed by atoms with Crippen molar-refractivity contribution in [3.05, 3.63) is 121 Å². The zero-order chi connectivity index (χ0) is 23.1. The fraction of sp³-hybridized carbons (Fsp3) is 0.0909. The van der Waals surface area contributed by atoms with Crippen LogP contribution in [0.3, 0.4) is 0 Å². The number of fused-ring (bicyclic) bond motifs is 3. The summed E-state index contributed by atoms with van der Waals surface area (Å²) in [6.07, 6.45) is 0. The monoisotopic (exact) mass is 438 g/mol. The van der Waals surface area contributed by atoms with Crippen molar-refractivity contribution >= 4 is 21.9 Å². The molecule has 0 saturated heterocycles. The van der Waals surface area contributed by atoms with Crippen molar-refractivity contribution in [1.82, 2.24) is 0 Å². The first kappa shape index (κ1) is 20.5. The molecule has 0 amide bonds. The topological polar surface area (TPSA) is 13.1 Å². The van der Waals surface area contributed by atoms with E-state index in [1.807, 2.05) is 12.1 Å². The molecule has 5 aromatic carbocycles. The Bertz CT molecular complexity index is 1600. The Labute approximate surface area is 200 Å². The summed E-state index contributed by atoms with van der Waals surface area (Å²) in [6.45, 7) is 4.46. The van der Waals surface area contributed by atoms with Crippen LogP contribution >= 0.6 is 0 Å². The highest BCUT2D eigenvalue weighted by atomic mass is 16.3. The molecular weight excluding hydrogens is 412 g/mol. The summed E-state index contributed by atoms with van der Waals surface area (Å²) in [7, 11) is 0. The highest BCUT2D eigenvalue weighted by molar-refractivity contribution is 6.09. The summed E-state index contributed by atoms with van der Waals surface area (Å²) in [5, 5.41) is 2.32. The molecular formula is C33H26O. The third-order valence-electron chi connectivity index (χ3n) is 6.71. The molecule has 0 atom stereocenters. The van der Waals surface area contributed by atoms with E-state index in [2.05, 4.69) is 117 Å². The number of rotatable bonds is 4. The van der Waals surface area contributed by atoms with E-state index in [1.165, 1.54) is 27.8 Å². The summed E-state index contributed by atoms with van der Waals surface area (Å²) in [6, 6.07) is 41.1. The summed E-state index contributed by atoms with van der Waals surface area (Å²) < 4.78 is 6.24. The molecule has 1 heterocycles. The van der Waals surface area contributed by atoms with Gasteiger partial charge in [-0.15, -0.1) is 0 Å². The van der Waals surface area contributed by atoms with Gasteiger partial charge in [-0.1, -0.05) is 117 Å². The van der Waals surface area contributed by atoms with Crippen LogP contribution < -0.4 is 0 Å². The van der Waals surface area contributed by atoms with Crippen LogP contribution in [0.5, 0.6) is 0 Å². The van der Waals surface area contributed by atoms with E-state index in [-0.39, 0.29) is 0 Å². The minimum Gasteiger partial charge on any atom is -0.455 e. The van der Waals surface area contributed by atoms with Gasteiger partial charge in [0, 0.05) is 16.3 Å². The first-order valence-corrected chi connectivity index (χ1v) is 11.9. The molecule has 34 heavy (non-hydrogen) atoms. The highest BCUT2D eigenvalue weighted by Gasteiger charge is 2.12. The Hall–Kier alpha value is -4.10. The minimum atomic E-state index is 0.546. The summed E-state index contributed by atoms with van der Waals surface area (Å²) in [5.74, 6) is 0.546. The average Bonchev–Trinajstić information content (AvgIpc) is 3.28. The van der Waals surface area contributed by atoms with Gasteiger partial charge >= 0.3 is 0 Å². The zero-order valence-corrected chi connectivity index (χ0v) is 19.5. The maximum Gasteiger partial charge on any atom is 0.143 e. The van der Waals surface area contributed by atoms with E-state index in [1.54, 1.807) is 0 Å². The number of hydrogen-bond acceptors (Lipinski definition) is 1. The van der Waals surface area contributed by atoms with Crippen molar-refractivity contribution in [2.24, 2.45) is 0 Å². The second kappa shape index (κ2) is 8.35. The Morgan fingerprint density at radius 1 is 0.500 bits per heavy atom. The van der Waals surface area contributed by atoms with Gasteiger partial charge in [0.1, 0.15) is 11.2 Å². The third-order valence-corrected chi connectivity index (χ3v) is 6.71. The molecule has 1 aromatic heterocycles.